The van der Waals surface area contributed by atoms with Crippen molar-refractivity contribution in [3.8, 4) is 0 Å². The van der Waals surface area contributed by atoms with Gasteiger partial charge in [0, 0.05) is 18.1 Å². The number of nitrogens with zero attached hydrogens (tertiary/aromatic N) is 1. The van der Waals surface area contributed by atoms with E-state index in [2.05, 4.69) is 4.98 Å². The fraction of sp³-hybridized carbons (Fsp3) is 0.167. The Balaban J connectivity index is 2.75. The molecule has 0 aliphatic carbocycles. The van der Waals surface area contributed by atoms with Gasteiger partial charge in [-0.25, -0.2) is 0 Å². The van der Waals surface area contributed by atoms with E-state index in [4.69, 9.17) is 23.3 Å². The van der Waals surface area contributed by atoms with Crippen LogP contribution >= 0.6 is 34.1 Å². The first-order valence-electron chi connectivity index (χ1n) is 2.67. The Morgan fingerprint density at radius 2 is 2.40 bits per heavy atom. The lowest BCUT2D eigenvalue weighted by Crippen LogP contribution is -1.79. The summed E-state index contributed by atoms with van der Waals surface area (Å²) in [5.74, 6) is 0.795. The van der Waals surface area contributed by atoms with Crippen molar-refractivity contribution in [2.45, 2.75) is 5.75 Å². The number of hydrogen-bond acceptors (Lipinski definition) is 2. The Morgan fingerprint density at radius 1 is 1.60 bits per heavy atom. The minimum absolute atomic E-state index is 0.668. The molecule has 1 heterocycles. The van der Waals surface area contributed by atoms with Crippen molar-refractivity contribution < 1.29 is 0 Å². The zero-order chi connectivity index (χ0) is 7.40. The minimum Gasteiger partial charge on any atom is -0.263 e. The summed E-state index contributed by atoms with van der Waals surface area (Å²) < 4.78 is 0. The largest absolute Gasteiger partial charge is 0.263 e. The van der Waals surface area contributed by atoms with Crippen LogP contribution < -0.4 is 0 Å². The minimum atomic E-state index is 0.668. The average molecular weight is 191 g/mol. The Kier molecular flexibility index (Phi) is 3.39. The molecule has 0 atom stereocenters. The van der Waals surface area contributed by atoms with Crippen LogP contribution in [0.25, 0.3) is 0 Å². The molecular weight excluding hydrogens is 186 g/mol. The third-order valence-electron chi connectivity index (χ3n) is 0.987. The molecule has 0 aromatic carbocycles. The van der Waals surface area contributed by atoms with Crippen LogP contribution in [0.1, 0.15) is 5.56 Å². The number of aromatic nitrogens is 1. The van der Waals surface area contributed by atoms with Gasteiger partial charge < -0.3 is 0 Å². The molecule has 0 N–H and O–H groups in total. The second kappa shape index (κ2) is 4.11. The molecular formula is C6H5ClNS2. The van der Waals surface area contributed by atoms with Crippen molar-refractivity contribution in [3.63, 3.8) is 0 Å². The normalized spacial score (nSPS) is 9.80. The van der Waals surface area contributed by atoms with Crippen molar-refractivity contribution in [1.29, 1.82) is 0 Å². The van der Waals surface area contributed by atoms with Gasteiger partial charge in [-0.15, -0.1) is 0 Å². The molecule has 0 aliphatic heterocycles. The molecule has 0 saturated heterocycles. The first-order valence-corrected chi connectivity index (χ1v) is 4.96. The third-order valence-corrected chi connectivity index (χ3v) is 2.00. The van der Waals surface area contributed by atoms with Crippen LogP contribution in [0.5, 0.6) is 0 Å². The van der Waals surface area contributed by atoms with Crippen LogP contribution in [0.4, 0.5) is 0 Å². The smallest absolute Gasteiger partial charge is 0.0592 e. The summed E-state index contributed by atoms with van der Waals surface area (Å²) in [7, 11) is 1.35. The van der Waals surface area contributed by atoms with Crippen molar-refractivity contribution in [3.05, 3.63) is 29.0 Å². The summed E-state index contributed by atoms with van der Waals surface area (Å²) in [5, 5.41) is 0.668. The Morgan fingerprint density at radius 3 is 3.00 bits per heavy atom. The molecule has 0 bridgehead atoms. The predicted octanol–water partition coefficient (Wildman–Crippen LogP) is 3.08. The maximum Gasteiger partial charge on any atom is 0.0592 e. The maximum absolute atomic E-state index is 5.67. The lowest BCUT2D eigenvalue weighted by Gasteiger charge is -1.94. The van der Waals surface area contributed by atoms with Crippen LogP contribution in [0.15, 0.2) is 18.5 Å². The lowest BCUT2D eigenvalue weighted by atomic mass is 10.3. The first-order chi connectivity index (χ1) is 4.83. The van der Waals surface area contributed by atoms with E-state index in [1.165, 1.54) is 10.8 Å². The summed E-state index contributed by atoms with van der Waals surface area (Å²) in [5.41, 5.74) is 1.08. The summed E-state index contributed by atoms with van der Waals surface area (Å²) >= 11 is 10.4. The van der Waals surface area contributed by atoms with E-state index in [0.717, 1.165) is 11.3 Å². The van der Waals surface area contributed by atoms with E-state index in [-0.39, 0.29) is 0 Å². The number of hydrogen-bond donors (Lipinski definition) is 0. The van der Waals surface area contributed by atoms with Gasteiger partial charge in [-0.1, -0.05) is 22.4 Å². The van der Waals surface area contributed by atoms with E-state index in [1.54, 1.807) is 12.4 Å². The monoisotopic (exact) mass is 190 g/mol. The molecule has 1 aromatic heterocycles. The van der Waals surface area contributed by atoms with Crippen LogP contribution in [0, 0.1) is 0 Å². The van der Waals surface area contributed by atoms with E-state index >= 15 is 0 Å². The molecule has 0 spiro atoms. The summed E-state index contributed by atoms with van der Waals surface area (Å²) in [6, 6.07) is 1.87. The predicted molar refractivity (Wildman–Crippen MR) is 48.1 cm³/mol. The van der Waals surface area contributed by atoms with Gasteiger partial charge >= 0.3 is 0 Å². The third kappa shape index (κ3) is 2.40. The van der Waals surface area contributed by atoms with Gasteiger partial charge in [0.25, 0.3) is 0 Å². The van der Waals surface area contributed by atoms with E-state index in [1.807, 2.05) is 6.07 Å². The van der Waals surface area contributed by atoms with Gasteiger partial charge in [0.15, 0.2) is 0 Å². The Labute approximate surface area is 74.0 Å². The van der Waals surface area contributed by atoms with Crippen LogP contribution in [-0.4, -0.2) is 4.98 Å². The lowest BCUT2D eigenvalue weighted by molar-refractivity contribution is 1.25. The van der Waals surface area contributed by atoms with Gasteiger partial charge in [0.2, 0.25) is 0 Å². The topological polar surface area (TPSA) is 12.9 Å². The second-order valence-corrected chi connectivity index (χ2v) is 3.44. The molecule has 1 aromatic rings. The molecule has 1 nitrogen and oxygen atoms in total. The highest BCUT2D eigenvalue weighted by Crippen LogP contribution is 2.16. The van der Waals surface area contributed by atoms with Crippen molar-refractivity contribution in [2.75, 3.05) is 0 Å². The first kappa shape index (κ1) is 8.24. The van der Waals surface area contributed by atoms with Crippen LogP contribution in [-0.2, 0) is 5.75 Å². The van der Waals surface area contributed by atoms with Gasteiger partial charge in [0.1, 0.15) is 0 Å². The maximum atomic E-state index is 5.67. The molecule has 0 saturated carbocycles. The molecule has 1 rings (SSSR count). The second-order valence-electron chi connectivity index (χ2n) is 1.77. The van der Waals surface area contributed by atoms with Gasteiger partial charge in [0.05, 0.1) is 5.02 Å². The molecule has 4 heteroatoms. The molecule has 1 radical (unpaired) electrons. The Bertz CT molecular complexity index is 217. The Hall–Kier alpha value is 0.140. The van der Waals surface area contributed by atoms with Crippen molar-refractivity contribution in [2.24, 2.45) is 0 Å². The summed E-state index contributed by atoms with van der Waals surface area (Å²) in [4.78, 5) is 3.91. The van der Waals surface area contributed by atoms with Gasteiger partial charge in [-0.05, 0) is 23.3 Å². The highest BCUT2D eigenvalue weighted by atomic mass is 35.5. The highest BCUT2D eigenvalue weighted by Gasteiger charge is 1.92. The van der Waals surface area contributed by atoms with E-state index in [0.29, 0.717) is 5.02 Å². The van der Waals surface area contributed by atoms with Crippen molar-refractivity contribution >= 4 is 34.1 Å². The molecule has 10 heavy (non-hydrogen) atoms. The zero-order valence-electron chi connectivity index (χ0n) is 5.08. The fourth-order valence-corrected chi connectivity index (χ4v) is 1.50. The number of rotatable bonds is 2. The molecule has 0 unspecified atom stereocenters. The number of pyridine rings is 1. The average Bonchev–Trinajstić information content (AvgIpc) is 1.88. The zero-order valence-corrected chi connectivity index (χ0v) is 7.47. The van der Waals surface area contributed by atoms with E-state index in [9.17, 15) is 0 Å². The SMILES string of the molecule is [S]SCc1cncc(Cl)c1. The summed E-state index contributed by atoms with van der Waals surface area (Å²) in [6.45, 7) is 0. The van der Waals surface area contributed by atoms with Gasteiger partial charge in [-0.3, -0.25) is 4.98 Å². The number of halogens is 1. The van der Waals surface area contributed by atoms with Crippen LogP contribution in [0.3, 0.4) is 0 Å². The molecule has 0 aliphatic rings. The van der Waals surface area contributed by atoms with E-state index < -0.39 is 0 Å². The standard InChI is InChI=1S/C6H5ClNS2/c7-6-1-5(4-10-9)2-8-3-6/h1-3H,4H2. The van der Waals surface area contributed by atoms with Crippen molar-refractivity contribution in [1.82, 2.24) is 4.98 Å². The quantitative estimate of drug-likeness (QED) is 0.665. The highest BCUT2D eigenvalue weighted by molar-refractivity contribution is 8.68. The molecule has 0 fully saturated rings. The van der Waals surface area contributed by atoms with Crippen LogP contribution in [0.2, 0.25) is 5.02 Å². The molecule has 0 amide bonds. The summed E-state index contributed by atoms with van der Waals surface area (Å²) in [6.07, 6.45) is 3.38. The van der Waals surface area contributed by atoms with Gasteiger partial charge in [-0.2, -0.15) is 0 Å². The fourth-order valence-electron chi connectivity index (χ4n) is 0.603. The molecule has 53 valence electrons.